The first-order chi connectivity index (χ1) is 15.0. The highest BCUT2D eigenvalue weighted by atomic mass is 19.1. The number of hydrogen-bond donors (Lipinski definition) is 1. The molecule has 0 radical (unpaired) electrons. The Morgan fingerprint density at radius 3 is 2.42 bits per heavy atom. The van der Waals surface area contributed by atoms with E-state index >= 15 is 0 Å². The number of halogens is 1. The van der Waals surface area contributed by atoms with Crippen molar-refractivity contribution in [1.82, 2.24) is 9.66 Å². The molecular weight excluding hydrogens is 401 g/mol. The molecular formula is C23H18FN3O4. The van der Waals surface area contributed by atoms with E-state index in [0.29, 0.717) is 28.0 Å². The Morgan fingerprint density at radius 2 is 1.68 bits per heavy atom. The normalized spacial score (nSPS) is 10.7. The van der Waals surface area contributed by atoms with Crippen molar-refractivity contribution in [2.24, 2.45) is 0 Å². The second-order valence-electron chi connectivity index (χ2n) is 6.58. The van der Waals surface area contributed by atoms with Crippen molar-refractivity contribution >= 4 is 16.8 Å². The van der Waals surface area contributed by atoms with Gasteiger partial charge in [-0.25, -0.2) is 9.37 Å². The number of carbonyl (C=O) groups excluding carboxylic acids is 1. The summed E-state index contributed by atoms with van der Waals surface area (Å²) in [5.74, 6) is -0.395. The Kier molecular flexibility index (Phi) is 5.36. The Bertz CT molecular complexity index is 1350. The molecule has 1 amide bonds. The Morgan fingerprint density at radius 1 is 0.968 bits per heavy atom. The molecule has 0 saturated heterocycles. The third kappa shape index (κ3) is 3.71. The molecule has 4 aromatic rings. The van der Waals surface area contributed by atoms with Crippen LogP contribution in [0, 0.1) is 5.82 Å². The van der Waals surface area contributed by atoms with Crippen molar-refractivity contribution in [3.63, 3.8) is 0 Å². The lowest BCUT2D eigenvalue weighted by Gasteiger charge is -2.16. The zero-order chi connectivity index (χ0) is 22.0. The van der Waals surface area contributed by atoms with Gasteiger partial charge in [-0.05, 0) is 42.5 Å². The van der Waals surface area contributed by atoms with Gasteiger partial charge < -0.3 is 9.47 Å². The van der Waals surface area contributed by atoms with Crippen LogP contribution in [-0.4, -0.2) is 29.8 Å². The van der Waals surface area contributed by atoms with Crippen LogP contribution < -0.4 is 20.5 Å². The average Bonchev–Trinajstić information content (AvgIpc) is 2.80. The SMILES string of the molecule is COc1ccc(-c2nc3ccccc3c(=O)n2NC(=O)c2ccccc2F)cc1OC. The largest absolute Gasteiger partial charge is 0.493 e. The van der Waals surface area contributed by atoms with Crippen molar-refractivity contribution in [3.8, 4) is 22.9 Å². The summed E-state index contributed by atoms with van der Waals surface area (Å²) in [6.45, 7) is 0. The predicted octanol–water partition coefficient (Wildman–Crippen LogP) is 3.60. The first kappa shape index (κ1) is 20.1. The zero-order valence-electron chi connectivity index (χ0n) is 16.8. The van der Waals surface area contributed by atoms with E-state index in [1.165, 1.54) is 38.5 Å². The topological polar surface area (TPSA) is 82.5 Å². The van der Waals surface area contributed by atoms with Gasteiger partial charge in [-0.1, -0.05) is 24.3 Å². The standard InChI is InChI=1S/C23H18FN3O4/c1-30-19-12-11-14(13-20(19)31-2)21-25-18-10-6-4-8-16(18)23(29)27(21)26-22(28)15-7-3-5-9-17(15)24/h3-13H,1-2H3,(H,26,28). The molecule has 4 rings (SSSR count). The molecule has 7 nitrogen and oxygen atoms in total. The smallest absolute Gasteiger partial charge is 0.280 e. The molecule has 8 heteroatoms. The number of hydrogen-bond acceptors (Lipinski definition) is 5. The van der Waals surface area contributed by atoms with E-state index < -0.39 is 17.3 Å². The number of para-hydroxylation sites is 1. The monoisotopic (exact) mass is 419 g/mol. The van der Waals surface area contributed by atoms with E-state index in [0.717, 1.165) is 4.68 Å². The van der Waals surface area contributed by atoms with Crippen molar-refractivity contribution in [1.29, 1.82) is 0 Å². The Balaban J connectivity index is 1.91. The third-order valence-electron chi connectivity index (χ3n) is 4.75. The molecule has 1 aromatic heterocycles. The minimum Gasteiger partial charge on any atom is -0.493 e. The number of methoxy groups -OCH3 is 2. The number of rotatable bonds is 5. The second-order valence-corrected chi connectivity index (χ2v) is 6.58. The molecule has 156 valence electrons. The fourth-order valence-corrected chi connectivity index (χ4v) is 3.21. The first-order valence-corrected chi connectivity index (χ1v) is 9.33. The van der Waals surface area contributed by atoms with Gasteiger partial charge in [-0.3, -0.25) is 15.0 Å². The highest BCUT2D eigenvalue weighted by molar-refractivity contribution is 6.00. The molecule has 31 heavy (non-hydrogen) atoms. The Hall–Kier alpha value is -4.20. The van der Waals surface area contributed by atoms with Crippen LogP contribution in [0.2, 0.25) is 0 Å². The summed E-state index contributed by atoms with van der Waals surface area (Å²) in [5.41, 5.74) is 2.74. The maximum absolute atomic E-state index is 14.1. The highest BCUT2D eigenvalue weighted by Crippen LogP contribution is 2.31. The number of nitrogens with zero attached hydrogens (tertiary/aromatic N) is 2. The van der Waals surface area contributed by atoms with E-state index in [-0.39, 0.29) is 11.4 Å². The number of carbonyl (C=O) groups is 1. The van der Waals surface area contributed by atoms with Crippen LogP contribution in [0.4, 0.5) is 4.39 Å². The second kappa shape index (κ2) is 8.27. The molecule has 3 aromatic carbocycles. The molecule has 0 unspecified atom stereocenters. The number of ether oxygens (including phenoxy) is 2. The summed E-state index contributed by atoms with van der Waals surface area (Å²) in [6.07, 6.45) is 0. The van der Waals surface area contributed by atoms with Gasteiger partial charge in [0.2, 0.25) is 0 Å². The van der Waals surface area contributed by atoms with E-state index in [2.05, 4.69) is 10.4 Å². The summed E-state index contributed by atoms with van der Waals surface area (Å²) in [6, 6.07) is 17.3. The minimum absolute atomic E-state index is 0.161. The summed E-state index contributed by atoms with van der Waals surface area (Å²) in [4.78, 5) is 30.5. The molecule has 0 aliphatic heterocycles. The lowest BCUT2D eigenvalue weighted by molar-refractivity contribution is 0.100. The van der Waals surface area contributed by atoms with Gasteiger partial charge in [0.15, 0.2) is 17.3 Å². The van der Waals surface area contributed by atoms with E-state index in [4.69, 9.17) is 9.47 Å². The molecule has 0 aliphatic carbocycles. The fourth-order valence-electron chi connectivity index (χ4n) is 3.21. The van der Waals surface area contributed by atoms with Gasteiger partial charge in [0, 0.05) is 5.56 Å². The molecule has 0 fully saturated rings. The third-order valence-corrected chi connectivity index (χ3v) is 4.75. The number of nitrogens with one attached hydrogen (secondary N) is 1. The van der Waals surface area contributed by atoms with Crippen molar-refractivity contribution in [2.45, 2.75) is 0 Å². The number of amides is 1. The van der Waals surface area contributed by atoms with Crippen LogP contribution in [0.1, 0.15) is 10.4 Å². The van der Waals surface area contributed by atoms with Crippen LogP contribution in [0.3, 0.4) is 0 Å². The quantitative estimate of drug-likeness (QED) is 0.535. The first-order valence-electron chi connectivity index (χ1n) is 9.33. The van der Waals surface area contributed by atoms with Crippen LogP contribution in [0.15, 0.2) is 71.5 Å². The lowest BCUT2D eigenvalue weighted by atomic mass is 10.1. The van der Waals surface area contributed by atoms with Gasteiger partial charge in [-0.2, -0.15) is 4.68 Å². The minimum atomic E-state index is -0.779. The molecule has 0 bridgehead atoms. The molecule has 0 saturated carbocycles. The molecule has 0 spiro atoms. The van der Waals surface area contributed by atoms with E-state index in [1.807, 2.05) is 0 Å². The average molecular weight is 419 g/mol. The van der Waals surface area contributed by atoms with Crippen LogP contribution in [0.25, 0.3) is 22.3 Å². The van der Waals surface area contributed by atoms with Crippen LogP contribution in [-0.2, 0) is 0 Å². The summed E-state index contributed by atoms with van der Waals surface area (Å²) in [5, 5.41) is 0.306. The predicted molar refractivity (Wildman–Crippen MR) is 115 cm³/mol. The highest BCUT2D eigenvalue weighted by Gasteiger charge is 2.18. The number of fused-ring (bicyclic) bond motifs is 1. The maximum atomic E-state index is 14.1. The van der Waals surface area contributed by atoms with Crippen molar-refractivity contribution in [2.75, 3.05) is 19.6 Å². The van der Waals surface area contributed by atoms with E-state index in [1.54, 1.807) is 42.5 Å². The number of aromatic nitrogens is 2. The van der Waals surface area contributed by atoms with Crippen LogP contribution >= 0.6 is 0 Å². The summed E-state index contributed by atoms with van der Waals surface area (Å²) in [7, 11) is 3.00. The van der Waals surface area contributed by atoms with Crippen molar-refractivity contribution < 1.29 is 18.7 Å². The molecule has 1 N–H and O–H groups in total. The van der Waals surface area contributed by atoms with Gasteiger partial charge in [0.1, 0.15) is 5.82 Å². The number of benzene rings is 3. The summed E-state index contributed by atoms with van der Waals surface area (Å²) < 4.78 is 25.7. The fraction of sp³-hybridized carbons (Fsp3) is 0.0870. The molecule has 1 heterocycles. The van der Waals surface area contributed by atoms with Gasteiger partial charge in [0.05, 0.1) is 30.7 Å². The van der Waals surface area contributed by atoms with Gasteiger partial charge >= 0.3 is 0 Å². The maximum Gasteiger partial charge on any atom is 0.280 e. The van der Waals surface area contributed by atoms with E-state index in [9.17, 15) is 14.0 Å². The Labute approximate surface area is 176 Å². The molecule has 0 atom stereocenters. The van der Waals surface area contributed by atoms with Gasteiger partial charge in [-0.15, -0.1) is 0 Å². The van der Waals surface area contributed by atoms with Gasteiger partial charge in [0.25, 0.3) is 11.5 Å². The summed E-state index contributed by atoms with van der Waals surface area (Å²) >= 11 is 0. The van der Waals surface area contributed by atoms with Crippen molar-refractivity contribution in [3.05, 3.63) is 88.5 Å². The van der Waals surface area contributed by atoms with Crippen LogP contribution in [0.5, 0.6) is 11.5 Å². The zero-order valence-corrected chi connectivity index (χ0v) is 16.8. The lowest BCUT2D eigenvalue weighted by Crippen LogP contribution is -2.35. The molecule has 0 aliphatic rings.